The lowest BCUT2D eigenvalue weighted by Gasteiger charge is -2.30. The highest BCUT2D eigenvalue weighted by Gasteiger charge is 2.20. The van der Waals surface area contributed by atoms with Crippen LogP contribution < -0.4 is 0 Å². The molecule has 0 bridgehead atoms. The smallest absolute Gasteiger partial charge is 0.222 e. The summed E-state index contributed by atoms with van der Waals surface area (Å²) in [5.41, 5.74) is 0. The number of allylic oxidation sites excluding steroid dienone is 1. The fourth-order valence-corrected chi connectivity index (χ4v) is 1.95. The molecule has 0 N–H and O–H groups in total. The molecule has 0 aliphatic carbocycles. The van der Waals surface area contributed by atoms with Gasteiger partial charge in [-0.3, -0.25) is 4.79 Å². The van der Waals surface area contributed by atoms with Gasteiger partial charge in [-0.05, 0) is 31.1 Å². The molecule has 1 fully saturated rings. The average molecular weight is 209 g/mol. The Bertz CT molecular complexity index is 215. The molecule has 0 radical (unpaired) electrons. The monoisotopic (exact) mass is 209 g/mol. The highest BCUT2D eigenvalue weighted by molar-refractivity contribution is 5.76. The van der Waals surface area contributed by atoms with Crippen molar-refractivity contribution in [3.63, 3.8) is 0 Å². The van der Waals surface area contributed by atoms with E-state index >= 15 is 0 Å². The molecule has 1 rings (SSSR count). The van der Waals surface area contributed by atoms with E-state index in [1.807, 2.05) is 11.0 Å². The summed E-state index contributed by atoms with van der Waals surface area (Å²) in [6.07, 6.45) is 5.94. The van der Waals surface area contributed by atoms with Crippen LogP contribution in [0.5, 0.6) is 0 Å². The van der Waals surface area contributed by atoms with Gasteiger partial charge in [0.15, 0.2) is 0 Å². The predicted molar refractivity (Wildman–Crippen MR) is 63.6 cm³/mol. The van der Waals surface area contributed by atoms with Crippen LogP contribution in [0.15, 0.2) is 12.7 Å². The first-order valence-electron chi connectivity index (χ1n) is 6.03. The van der Waals surface area contributed by atoms with Crippen LogP contribution >= 0.6 is 0 Å². The molecule has 0 aromatic rings. The van der Waals surface area contributed by atoms with Crippen molar-refractivity contribution in [3.8, 4) is 0 Å². The quantitative estimate of drug-likeness (QED) is 0.652. The number of rotatable bonds is 4. The summed E-state index contributed by atoms with van der Waals surface area (Å²) in [6, 6.07) is 0. The van der Waals surface area contributed by atoms with Crippen molar-refractivity contribution in [2.45, 2.75) is 39.5 Å². The van der Waals surface area contributed by atoms with Crippen molar-refractivity contribution in [1.82, 2.24) is 4.90 Å². The fraction of sp³-hybridized carbons (Fsp3) is 0.769. The van der Waals surface area contributed by atoms with Gasteiger partial charge in [-0.25, -0.2) is 0 Å². The van der Waals surface area contributed by atoms with Gasteiger partial charge in [-0.2, -0.15) is 0 Å². The highest BCUT2D eigenvalue weighted by atomic mass is 16.2. The number of carbonyl (C=O) groups excluding carboxylic acids is 1. The summed E-state index contributed by atoms with van der Waals surface area (Å²) < 4.78 is 0. The number of amides is 1. The van der Waals surface area contributed by atoms with Gasteiger partial charge in [0.25, 0.3) is 0 Å². The number of nitrogens with zero attached hydrogens (tertiary/aromatic N) is 1. The molecule has 0 spiro atoms. The van der Waals surface area contributed by atoms with Crippen LogP contribution in [-0.4, -0.2) is 23.9 Å². The van der Waals surface area contributed by atoms with Gasteiger partial charge in [0.05, 0.1) is 0 Å². The van der Waals surface area contributed by atoms with Gasteiger partial charge in [-0.15, -0.1) is 6.58 Å². The number of carbonyl (C=O) groups is 1. The Kier molecular flexibility index (Phi) is 4.86. The van der Waals surface area contributed by atoms with Crippen molar-refractivity contribution in [2.24, 2.45) is 11.8 Å². The summed E-state index contributed by atoms with van der Waals surface area (Å²) in [5.74, 6) is 1.59. The third kappa shape index (κ3) is 4.06. The normalized spacial score (nSPS) is 18.2. The zero-order valence-electron chi connectivity index (χ0n) is 10.0. The molecule has 15 heavy (non-hydrogen) atoms. The zero-order valence-corrected chi connectivity index (χ0v) is 10.0. The van der Waals surface area contributed by atoms with Gasteiger partial charge in [0.1, 0.15) is 0 Å². The summed E-state index contributed by atoms with van der Waals surface area (Å²) in [6.45, 7) is 9.99. The van der Waals surface area contributed by atoms with Crippen molar-refractivity contribution >= 4 is 5.91 Å². The van der Waals surface area contributed by atoms with Crippen LogP contribution in [0.2, 0.25) is 0 Å². The molecule has 0 saturated carbocycles. The van der Waals surface area contributed by atoms with Gasteiger partial charge < -0.3 is 4.90 Å². The van der Waals surface area contributed by atoms with E-state index in [2.05, 4.69) is 20.4 Å². The van der Waals surface area contributed by atoms with Crippen LogP contribution in [0.1, 0.15) is 39.5 Å². The molecule has 86 valence electrons. The molecule has 1 aliphatic rings. The first kappa shape index (κ1) is 12.3. The number of hydrogen-bond acceptors (Lipinski definition) is 1. The maximum Gasteiger partial charge on any atom is 0.222 e. The molecule has 0 aromatic carbocycles. The van der Waals surface area contributed by atoms with Crippen molar-refractivity contribution < 1.29 is 4.79 Å². The highest BCUT2D eigenvalue weighted by Crippen LogP contribution is 2.19. The van der Waals surface area contributed by atoms with E-state index in [1.165, 1.54) is 0 Å². The minimum Gasteiger partial charge on any atom is -0.343 e. The van der Waals surface area contributed by atoms with E-state index in [0.717, 1.165) is 38.8 Å². The lowest BCUT2D eigenvalue weighted by molar-refractivity contribution is -0.132. The number of hydrogen-bond donors (Lipinski definition) is 0. The Morgan fingerprint density at radius 1 is 1.47 bits per heavy atom. The van der Waals surface area contributed by atoms with Gasteiger partial charge in [-0.1, -0.05) is 19.9 Å². The minimum atomic E-state index is 0.339. The molecule has 2 nitrogen and oxygen atoms in total. The maximum absolute atomic E-state index is 11.8. The molecular formula is C13H23NO. The fourth-order valence-electron chi connectivity index (χ4n) is 1.95. The lowest BCUT2D eigenvalue weighted by atomic mass is 9.96. The Labute approximate surface area is 93.3 Å². The summed E-state index contributed by atoms with van der Waals surface area (Å²) in [4.78, 5) is 13.8. The van der Waals surface area contributed by atoms with E-state index in [-0.39, 0.29) is 0 Å². The maximum atomic E-state index is 11.8. The Morgan fingerprint density at radius 3 is 2.53 bits per heavy atom. The SMILES string of the molecule is C=CC1CCN(C(=O)CCC(C)C)CC1. The Balaban J connectivity index is 2.27. The zero-order chi connectivity index (χ0) is 11.3. The molecule has 0 atom stereocenters. The van der Waals surface area contributed by atoms with E-state index < -0.39 is 0 Å². The van der Waals surface area contributed by atoms with Crippen molar-refractivity contribution in [3.05, 3.63) is 12.7 Å². The van der Waals surface area contributed by atoms with E-state index in [4.69, 9.17) is 0 Å². The lowest BCUT2D eigenvalue weighted by Crippen LogP contribution is -2.38. The molecule has 0 aromatic heterocycles. The van der Waals surface area contributed by atoms with Crippen molar-refractivity contribution in [2.75, 3.05) is 13.1 Å². The van der Waals surface area contributed by atoms with Crippen LogP contribution in [0.3, 0.4) is 0 Å². The third-order valence-electron chi connectivity index (χ3n) is 3.16. The summed E-state index contributed by atoms with van der Waals surface area (Å²) in [7, 11) is 0. The standard InChI is InChI=1S/C13H23NO/c1-4-12-7-9-14(10-8-12)13(15)6-5-11(2)3/h4,11-12H,1,5-10H2,2-3H3. The second kappa shape index (κ2) is 5.94. The molecule has 1 amide bonds. The Hall–Kier alpha value is -0.790. The largest absolute Gasteiger partial charge is 0.343 e. The molecule has 1 heterocycles. The molecule has 0 unspecified atom stereocenters. The van der Waals surface area contributed by atoms with Crippen molar-refractivity contribution in [1.29, 1.82) is 0 Å². The predicted octanol–water partition coefficient (Wildman–Crippen LogP) is 2.85. The average Bonchev–Trinajstić information content (AvgIpc) is 2.26. The first-order valence-corrected chi connectivity index (χ1v) is 6.03. The molecule has 2 heteroatoms. The third-order valence-corrected chi connectivity index (χ3v) is 3.16. The number of piperidine rings is 1. The topological polar surface area (TPSA) is 20.3 Å². The van der Waals surface area contributed by atoms with Crippen LogP contribution in [0.25, 0.3) is 0 Å². The second-order valence-electron chi connectivity index (χ2n) is 4.89. The molecule has 1 saturated heterocycles. The summed E-state index contributed by atoms with van der Waals surface area (Å²) in [5, 5.41) is 0. The number of likely N-dealkylation sites (tertiary alicyclic amines) is 1. The van der Waals surface area contributed by atoms with Gasteiger partial charge >= 0.3 is 0 Å². The van der Waals surface area contributed by atoms with Crippen LogP contribution in [0, 0.1) is 11.8 Å². The first-order chi connectivity index (χ1) is 7.13. The van der Waals surface area contributed by atoms with Gasteiger partial charge in [0.2, 0.25) is 5.91 Å². The van der Waals surface area contributed by atoms with E-state index in [9.17, 15) is 4.79 Å². The Morgan fingerprint density at radius 2 is 2.07 bits per heavy atom. The summed E-state index contributed by atoms with van der Waals surface area (Å²) >= 11 is 0. The molecular weight excluding hydrogens is 186 g/mol. The van der Waals surface area contributed by atoms with Crippen LogP contribution in [0.4, 0.5) is 0 Å². The van der Waals surface area contributed by atoms with E-state index in [0.29, 0.717) is 17.7 Å². The molecule has 1 aliphatic heterocycles. The van der Waals surface area contributed by atoms with E-state index in [1.54, 1.807) is 0 Å². The van der Waals surface area contributed by atoms with Gasteiger partial charge in [0, 0.05) is 19.5 Å². The minimum absolute atomic E-state index is 0.339. The second-order valence-corrected chi connectivity index (χ2v) is 4.89. The van der Waals surface area contributed by atoms with Crippen LogP contribution in [-0.2, 0) is 4.79 Å².